The van der Waals surface area contributed by atoms with E-state index in [-0.39, 0.29) is 35.8 Å². The van der Waals surface area contributed by atoms with Crippen LogP contribution < -0.4 is 25.2 Å². The number of carbonyl (C=O) groups is 1. The Morgan fingerprint density at radius 1 is 1.15 bits per heavy atom. The largest absolute Gasteiger partial charge is 0.462 e. The van der Waals surface area contributed by atoms with Crippen molar-refractivity contribution in [2.75, 3.05) is 55.0 Å². The number of hydrogen-bond donors (Lipinski definition) is 2. The number of nitrogens with one attached hydrogen (secondary N) is 2. The number of hydrogen-bond acceptors (Lipinski definition) is 9. The van der Waals surface area contributed by atoms with E-state index in [1.807, 2.05) is 0 Å². The summed E-state index contributed by atoms with van der Waals surface area (Å²) in [6, 6.07) is 6.33. The first-order valence-corrected chi connectivity index (χ1v) is 13.9. The van der Waals surface area contributed by atoms with Crippen molar-refractivity contribution in [3.8, 4) is 6.01 Å². The van der Waals surface area contributed by atoms with E-state index in [4.69, 9.17) is 21.3 Å². The number of rotatable bonds is 5. The molecule has 204 valence electrons. The van der Waals surface area contributed by atoms with E-state index in [0.717, 1.165) is 45.3 Å². The number of piperazine rings is 1. The second-order valence-electron chi connectivity index (χ2n) is 10.9. The van der Waals surface area contributed by atoms with Gasteiger partial charge in [-0.15, -0.1) is 0 Å². The predicted molar refractivity (Wildman–Crippen MR) is 148 cm³/mol. The number of amides is 1. The molecule has 1 aromatic carbocycles. The number of anilines is 4. The SMILES string of the molecule is CN1CCC[C@H]1COc1nc(N2C[C@H]3CC[C@@H](C2)N3)c2cnc(N3CC(=O)Nc4cccc(Cl)c43)c(F)c2n1. The first kappa shape index (κ1) is 24.7. The molecular weight excluding hydrogens is 523 g/mol. The van der Waals surface area contributed by atoms with E-state index >= 15 is 4.39 Å². The highest BCUT2D eigenvalue weighted by molar-refractivity contribution is 6.34. The van der Waals surface area contributed by atoms with Gasteiger partial charge in [0.2, 0.25) is 5.91 Å². The van der Waals surface area contributed by atoms with Crippen molar-refractivity contribution in [3.05, 3.63) is 35.2 Å². The second kappa shape index (κ2) is 9.72. The van der Waals surface area contributed by atoms with Crippen LogP contribution >= 0.6 is 11.6 Å². The van der Waals surface area contributed by atoms with Gasteiger partial charge in [-0.2, -0.15) is 9.97 Å². The van der Waals surface area contributed by atoms with Crippen molar-refractivity contribution in [2.24, 2.45) is 0 Å². The van der Waals surface area contributed by atoms with Gasteiger partial charge >= 0.3 is 6.01 Å². The maximum Gasteiger partial charge on any atom is 0.319 e. The lowest BCUT2D eigenvalue weighted by molar-refractivity contribution is -0.115. The molecule has 0 radical (unpaired) electrons. The summed E-state index contributed by atoms with van der Waals surface area (Å²) in [4.78, 5) is 32.3. The van der Waals surface area contributed by atoms with Gasteiger partial charge in [-0.25, -0.2) is 9.37 Å². The third-order valence-corrected chi connectivity index (χ3v) is 8.61. The molecule has 2 aromatic heterocycles. The van der Waals surface area contributed by atoms with Crippen molar-refractivity contribution in [3.63, 3.8) is 0 Å². The fourth-order valence-electron chi connectivity index (χ4n) is 6.32. The van der Waals surface area contributed by atoms with Gasteiger partial charge in [-0.3, -0.25) is 4.79 Å². The zero-order valence-electron chi connectivity index (χ0n) is 21.7. The molecular formula is C27H30ClFN8O2. The van der Waals surface area contributed by atoms with Gasteiger partial charge in [0.1, 0.15) is 24.5 Å². The van der Waals surface area contributed by atoms with Gasteiger partial charge in [0.15, 0.2) is 11.6 Å². The molecule has 4 aliphatic heterocycles. The minimum absolute atomic E-state index is 0.0155. The first-order chi connectivity index (χ1) is 18.9. The molecule has 2 N–H and O–H groups in total. The van der Waals surface area contributed by atoms with Gasteiger partial charge in [0, 0.05) is 37.4 Å². The number of aromatic nitrogens is 3. The van der Waals surface area contributed by atoms with Gasteiger partial charge in [0.25, 0.3) is 0 Å². The monoisotopic (exact) mass is 552 g/mol. The number of ether oxygens (including phenoxy) is 1. The lowest BCUT2D eigenvalue weighted by Crippen LogP contribution is -2.51. The van der Waals surface area contributed by atoms with Crippen LogP contribution in [0.3, 0.4) is 0 Å². The Morgan fingerprint density at radius 3 is 2.74 bits per heavy atom. The Kier molecular flexibility index (Phi) is 6.17. The number of nitrogens with zero attached hydrogens (tertiary/aromatic N) is 6. The first-order valence-electron chi connectivity index (χ1n) is 13.5. The highest BCUT2D eigenvalue weighted by Crippen LogP contribution is 2.42. The smallest absolute Gasteiger partial charge is 0.319 e. The van der Waals surface area contributed by atoms with E-state index in [2.05, 4.69) is 37.4 Å². The zero-order valence-corrected chi connectivity index (χ0v) is 22.4. The fraction of sp³-hybridized carbons (Fsp3) is 0.481. The minimum Gasteiger partial charge on any atom is -0.462 e. The summed E-state index contributed by atoms with van der Waals surface area (Å²) in [7, 11) is 2.08. The molecule has 0 unspecified atom stereocenters. The number of likely N-dealkylation sites (N-methyl/N-ethyl adjacent to an activating group) is 1. The van der Waals surface area contributed by atoms with Crippen molar-refractivity contribution in [1.82, 2.24) is 25.2 Å². The standard InChI is InChI=1S/C27H30ClFN8O2/c1-35-9-3-4-17(35)14-39-27-33-23-18(25(34-27)36-11-15-7-8-16(12-36)31-15)10-30-26(22(23)29)37-13-21(38)32-20-6-2-5-19(28)24(20)37/h2,5-6,10,15-17,31H,3-4,7-9,11-14H2,1H3,(H,32,38)/t15-,16+,17-/m0/s1. The number of benzene rings is 1. The normalized spacial score (nSPS) is 24.8. The topological polar surface area (TPSA) is 98.8 Å². The number of carbonyl (C=O) groups excluding carboxylic acids is 1. The molecule has 4 aliphatic rings. The number of para-hydroxylation sites is 1. The molecule has 1 amide bonds. The van der Waals surface area contributed by atoms with Crippen LogP contribution in [0, 0.1) is 5.82 Å². The Morgan fingerprint density at radius 2 is 1.97 bits per heavy atom. The number of halogens is 2. The summed E-state index contributed by atoms with van der Waals surface area (Å²) < 4.78 is 22.5. The van der Waals surface area contributed by atoms with Crippen molar-refractivity contribution < 1.29 is 13.9 Å². The van der Waals surface area contributed by atoms with Crippen LogP contribution in [0.15, 0.2) is 24.4 Å². The fourth-order valence-corrected chi connectivity index (χ4v) is 6.60. The van der Waals surface area contributed by atoms with Gasteiger partial charge < -0.3 is 30.1 Å². The van der Waals surface area contributed by atoms with Crippen molar-refractivity contribution in [2.45, 2.75) is 43.8 Å². The van der Waals surface area contributed by atoms with E-state index in [9.17, 15) is 4.79 Å². The summed E-state index contributed by atoms with van der Waals surface area (Å²) in [6.07, 6.45) is 5.97. The maximum atomic E-state index is 16.4. The maximum absolute atomic E-state index is 16.4. The molecule has 3 atom stereocenters. The molecule has 3 aromatic rings. The van der Waals surface area contributed by atoms with Crippen molar-refractivity contribution >= 4 is 51.4 Å². The molecule has 3 saturated heterocycles. The third kappa shape index (κ3) is 4.42. The van der Waals surface area contributed by atoms with Crippen molar-refractivity contribution in [1.29, 1.82) is 0 Å². The summed E-state index contributed by atoms with van der Waals surface area (Å²) in [5.74, 6) is -0.313. The Bertz CT molecular complexity index is 1450. The van der Waals surface area contributed by atoms with E-state index < -0.39 is 5.82 Å². The molecule has 7 rings (SSSR count). The molecule has 10 nitrogen and oxygen atoms in total. The molecule has 0 spiro atoms. The molecule has 6 heterocycles. The van der Waals surface area contributed by atoms with Crippen LogP contribution in [0.1, 0.15) is 25.7 Å². The lowest BCUT2D eigenvalue weighted by atomic mass is 10.1. The molecule has 0 aliphatic carbocycles. The van der Waals surface area contributed by atoms with Gasteiger partial charge in [-0.1, -0.05) is 17.7 Å². The summed E-state index contributed by atoms with van der Waals surface area (Å²) in [5, 5.41) is 7.34. The predicted octanol–water partition coefficient (Wildman–Crippen LogP) is 3.32. The summed E-state index contributed by atoms with van der Waals surface area (Å²) in [5.41, 5.74) is 1.12. The van der Waals surface area contributed by atoms with Gasteiger partial charge in [0.05, 0.1) is 21.8 Å². The molecule has 39 heavy (non-hydrogen) atoms. The molecule has 2 bridgehead atoms. The van der Waals surface area contributed by atoms with Crippen LogP contribution in [0.25, 0.3) is 10.9 Å². The zero-order chi connectivity index (χ0) is 26.7. The van der Waals surface area contributed by atoms with Crippen LogP contribution in [-0.2, 0) is 4.79 Å². The average Bonchev–Trinajstić information content (AvgIpc) is 3.50. The highest BCUT2D eigenvalue weighted by atomic mass is 35.5. The van der Waals surface area contributed by atoms with E-state index in [1.165, 1.54) is 4.90 Å². The van der Waals surface area contributed by atoms with Gasteiger partial charge in [-0.05, 0) is 51.4 Å². The Balaban J connectivity index is 1.32. The quantitative estimate of drug-likeness (QED) is 0.494. The minimum atomic E-state index is -0.641. The number of fused-ring (bicyclic) bond motifs is 4. The van der Waals surface area contributed by atoms with E-state index in [0.29, 0.717) is 46.3 Å². The van der Waals surface area contributed by atoms with Crippen LogP contribution in [0.5, 0.6) is 6.01 Å². The molecule has 12 heteroatoms. The van der Waals surface area contributed by atoms with Crippen LogP contribution in [-0.4, -0.2) is 83.7 Å². The van der Waals surface area contributed by atoms with E-state index in [1.54, 1.807) is 24.4 Å². The summed E-state index contributed by atoms with van der Waals surface area (Å²) >= 11 is 6.50. The third-order valence-electron chi connectivity index (χ3n) is 8.31. The lowest BCUT2D eigenvalue weighted by Gasteiger charge is -2.34. The van der Waals surface area contributed by atoms with Crippen LogP contribution in [0.2, 0.25) is 5.02 Å². The summed E-state index contributed by atoms with van der Waals surface area (Å²) in [6.45, 7) is 2.88. The molecule has 0 saturated carbocycles. The Hall–Kier alpha value is -3.28. The number of likely N-dealkylation sites (tertiary alicyclic amines) is 1. The second-order valence-corrected chi connectivity index (χ2v) is 11.3. The highest BCUT2D eigenvalue weighted by Gasteiger charge is 2.35. The Labute approximate surface area is 230 Å². The average molecular weight is 553 g/mol. The number of pyridine rings is 1. The molecule has 3 fully saturated rings. The van der Waals surface area contributed by atoms with Crippen LogP contribution in [0.4, 0.5) is 27.4 Å².